The SMILES string of the molecule is CCc1cc(C)c(OCc2c(C)cccc2CC(=O)NC)cc1C. The van der Waals surface area contributed by atoms with Gasteiger partial charge in [0.15, 0.2) is 0 Å². The molecule has 0 fully saturated rings. The van der Waals surface area contributed by atoms with Crippen molar-refractivity contribution in [3.8, 4) is 5.75 Å². The van der Waals surface area contributed by atoms with Crippen molar-refractivity contribution in [1.82, 2.24) is 5.32 Å². The van der Waals surface area contributed by atoms with Crippen LogP contribution in [0.1, 0.15) is 40.3 Å². The minimum absolute atomic E-state index is 0.0150. The first-order valence-electron chi connectivity index (χ1n) is 8.47. The average molecular weight is 325 g/mol. The fraction of sp³-hybridized carbons (Fsp3) is 0.381. The molecule has 1 N–H and O–H groups in total. The molecule has 0 saturated heterocycles. The lowest BCUT2D eigenvalue weighted by atomic mass is 9.99. The van der Waals surface area contributed by atoms with E-state index in [0.717, 1.165) is 34.4 Å². The maximum atomic E-state index is 11.7. The highest BCUT2D eigenvalue weighted by Crippen LogP contribution is 2.25. The lowest BCUT2D eigenvalue weighted by molar-refractivity contribution is -0.119. The summed E-state index contributed by atoms with van der Waals surface area (Å²) in [6.45, 7) is 8.91. The van der Waals surface area contributed by atoms with Crippen LogP contribution in [0.2, 0.25) is 0 Å². The molecule has 0 saturated carbocycles. The van der Waals surface area contributed by atoms with Crippen molar-refractivity contribution < 1.29 is 9.53 Å². The molecular formula is C21H27NO2. The molecule has 0 atom stereocenters. The van der Waals surface area contributed by atoms with Gasteiger partial charge in [-0.25, -0.2) is 0 Å². The van der Waals surface area contributed by atoms with Gasteiger partial charge in [-0.2, -0.15) is 0 Å². The molecule has 3 nitrogen and oxygen atoms in total. The van der Waals surface area contributed by atoms with Gasteiger partial charge in [0.05, 0.1) is 6.42 Å². The zero-order valence-electron chi connectivity index (χ0n) is 15.3. The van der Waals surface area contributed by atoms with E-state index >= 15 is 0 Å². The number of aryl methyl sites for hydroxylation is 4. The second-order valence-electron chi connectivity index (χ2n) is 6.25. The van der Waals surface area contributed by atoms with E-state index < -0.39 is 0 Å². The van der Waals surface area contributed by atoms with Crippen molar-refractivity contribution in [3.05, 3.63) is 63.7 Å². The first-order chi connectivity index (χ1) is 11.5. The number of benzene rings is 2. The molecule has 3 heteroatoms. The summed E-state index contributed by atoms with van der Waals surface area (Å²) >= 11 is 0. The van der Waals surface area contributed by atoms with Gasteiger partial charge in [-0.1, -0.05) is 31.2 Å². The second kappa shape index (κ2) is 8.00. The number of hydrogen-bond acceptors (Lipinski definition) is 2. The number of nitrogens with one attached hydrogen (secondary N) is 1. The third kappa shape index (κ3) is 4.16. The summed E-state index contributed by atoms with van der Waals surface area (Å²) < 4.78 is 6.11. The molecule has 128 valence electrons. The molecule has 2 aromatic rings. The zero-order chi connectivity index (χ0) is 17.7. The smallest absolute Gasteiger partial charge is 0.224 e. The predicted molar refractivity (Wildman–Crippen MR) is 98.6 cm³/mol. The van der Waals surface area contributed by atoms with Crippen LogP contribution in [0.4, 0.5) is 0 Å². The Bertz CT molecular complexity index is 735. The van der Waals surface area contributed by atoms with Crippen LogP contribution in [0.3, 0.4) is 0 Å². The first kappa shape index (κ1) is 18.1. The van der Waals surface area contributed by atoms with Gasteiger partial charge in [0.1, 0.15) is 12.4 Å². The highest BCUT2D eigenvalue weighted by molar-refractivity contribution is 5.78. The Labute approximate surface area is 145 Å². The molecule has 2 rings (SSSR count). The second-order valence-corrected chi connectivity index (χ2v) is 6.25. The van der Waals surface area contributed by atoms with Crippen molar-refractivity contribution in [1.29, 1.82) is 0 Å². The van der Waals surface area contributed by atoms with Crippen LogP contribution >= 0.6 is 0 Å². The monoisotopic (exact) mass is 325 g/mol. The Hall–Kier alpha value is -2.29. The Morgan fingerprint density at radius 2 is 1.79 bits per heavy atom. The van der Waals surface area contributed by atoms with E-state index in [0.29, 0.717) is 13.0 Å². The fourth-order valence-corrected chi connectivity index (χ4v) is 2.93. The molecular weight excluding hydrogens is 298 g/mol. The Kier molecular flexibility index (Phi) is 6.02. The lowest BCUT2D eigenvalue weighted by Crippen LogP contribution is -2.21. The fourth-order valence-electron chi connectivity index (χ4n) is 2.93. The number of carbonyl (C=O) groups excluding carboxylic acids is 1. The van der Waals surface area contributed by atoms with Crippen LogP contribution in [0.5, 0.6) is 5.75 Å². The topological polar surface area (TPSA) is 38.3 Å². The molecule has 2 aromatic carbocycles. The highest BCUT2D eigenvalue weighted by atomic mass is 16.5. The number of likely N-dealkylation sites (N-methyl/N-ethyl adjacent to an activating group) is 1. The van der Waals surface area contributed by atoms with Gasteiger partial charge in [0.25, 0.3) is 0 Å². The largest absolute Gasteiger partial charge is 0.489 e. The number of carbonyl (C=O) groups is 1. The van der Waals surface area contributed by atoms with Gasteiger partial charge in [-0.15, -0.1) is 0 Å². The van der Waals surface area contributed by atoms with Crippen molar-refractivity contribution in [2.75, 3.05) is 7.05 Å². The molecule has 0 spiro atoms. The third-order valence-corrected chi connectivity index (χ3v) is 4.52. The van der Waals surface area contributed by atoms with Gasteiger partial charge in [0, 0.05) is 7.05 Å². The van der Waals surface area contributed by atoms with E-state index in [-0.39, 0.29) is 5.91 Å². The average Bonchev–Trinajstić information content (AvgIpc) is 2.56. The Balaban J connectivity index is 2.23. The minimum atomic E-state index is 0.0150. The Morgan fingerprint density at radius 1 is 1.04 bits per heavy atom. The van der Waals surface area contributed by atoms with Crippen LogP contribution in [0.25, 0.3) is 0 Å². The number of rotatable bonds is 6. The molecule has 0 aromatic heterocycles. The number of ether oxygens (including phenoxy) is 1. The van der Waals surface area contributed by atoms with E-state index in [9.17, 15) is 4.79 Å². The van der Waals surface area contributed by atoms with Crippen LogP contribution in [-0.4, -0.2) is 13.0 Å². The van der Waals surface area contributed by atoms with Gasteiger partial charge in [-0.05, 0) is 66.6 Å². The van der Waals surface area contributed by atoms with Crippen molar-refractivity contribution in [2.45, 2.75) is 47.1 Å². The Morgan fingerprint density at radius 3 is 2.46 bits per heavy atom. The van der Waals surface area contributed by atoms with Crippen LogP contribution in [0.15, 0.2) is 30.3 Å². The number of hydrogen-bond donors (Lipinski definition) is 1. The molecule has 1 amide bonds. The van der Waals surface area contributed by atoms with Gasteiger partial charge in [0.2, 0.25) is 5.91 Å². The van der Waals surface area contributed by atoms with Gasteiger partial charge < -0.3 is 10.1 Å². The summed E-state index contributed by atoms with van der Waals surface area (Å²) in [4.78, 5) is 11.7. The van der Waals surface area contributed by atoms with Gasteiger partial charge in [-0.3, -0.25) is 4.79 Å². The molecule has 0 bridgehead atoms. The third-order valence-electron chi connectivity index (χ3n) is 4.52. The van der Waals surface area contributed by atoms with E-state index in [1.165, 1.54) is 11.1 Å². The highest BCUT2D eigenvalue weighted by Gasteiger charge is 2.11. The maximum Gasteiger partial charge on any atom is 0.224 e. The molecule has 0 unspecified atom stereocenters. The quantitative estimate of drug-likeness (QED) is 0.870. The lowest BCUT2D eigenvalue weighted by Gasteiger charge is -2.16. The summed E-state index contributed by atoms with van der Waals surface area (Å²) in [5, 5.41) is 2.68. The molecule has 0 aliphatic rings. The van der Waals surface area contributed by atoms with E-state index in [2.05, 4.69) is 51.2 Å². The van der Waals surface area contributed by atoms with Crippen molar-refractivity contribution in [3.63, 3.8) is 0 Å². The van der Waals surface area contributed by atoms with Crippen LogP contribution in [0, 0.1) is 20.8 Å². The van der Waals surface area contributed by atoms with Crippen LogP contribution in [-0.2, 0) is 24.2 Å². The zero-order valence-corrected chi connectivity index (χ0v) is 15.3. The van der Waals surface area contributed by atoms with Crippen LogP contribution < -0.4 is 10.1 Å². The van der Waals surface area contributed by atoms with E-state index in [1.54, 1.807) is 7.05 Å². The van der Waals surface area contributed by atoms with Crippen molar-refractivity contribution >= 4 is 5.91 Å². The summed E-state index contributed by atoms with van der Waals surface area (Å²) in [6, 6.07) is 10.4. The standard InChI is InChI=1S/C21H27NO2/c1-6-17-10-16(4)20(11-15(17)3)24-13-19-14(2)8-7-9-18(19)12-21(23)22-5/h7-11H,6,12-13H2,1-5H3,(H,22,23). The molecule has 0 aliphatic carbocycles. The summed E-state index contributed by atoms with van der Waals surface area (Å²) in [5.41, 5.74) is 7.03. The van der Waals surface area contributed by atoms with E-state index in [4.69, 9.17) is 4.74 Å². The normalized spacial score (nSPS) is 10.5. The number of amides is 1. The predicted octanol–water partition coefficient (Wildman–Crippen LogP) is 4.04. The minimum Gasteiger partial charge on any atom is -0.489 e. The van der Waals surface area contributed by atoms with Crippen molar-refractivity contribution in [2.24, 2.45) is 0 Å². The first-order valence-corrected chi connectivity index (χ1v) is 8.47. The van der Waals surface area contributed by atoms with E-state index in [1.807, 2.05) is 12.1 Å². The summed E-state index contributed by atoms with van der Waals surface area (Å²) in [6.07, 6.45) is 1.41. The summed E-state index contributed by atoms with van der Waals surface area (Å²) in [5.74, 6) is 0.931. The molecule has 24 heavy (non-hydrogen) atoms. The molecule has 0 radical (unpaired) electrons. The summed E-state index contributed by atoms with van der Waals surface area (Å²) in [7, 11) is 1.66. The van der Waals surface area contributed by atoms with Gasteiger partial charge >= 0.3 is 0 Å². The maximum absolute atomic E-state index is 11.7. The molecule has 0 heterocycles. The molecule has 0 aliphatic heterocycles.